The van der Waals surface area contributed by atoms with Gasteiger partial charge < -0.3 is 14.7 Å². The van der Waals surface area contributed by atoms with Gasteiger partial charge in [0.05, 0.1) is 30.0 Å². The van der Waals surface area contributed by atoms with Gasteiger partial charge in [0.15, 0.2) is 6.54 Å². The number of rotatable bonds is 6. The molecule has 144 valence electrons. The van der Waals surface area contributed by atoms with Crippen molar-refractivity contribution in [3.8, 4) is 17.3 Å². The number of tetrazole rings is 1. The summed E-state index contributed by atoms with van der Waals surface area (Å²) in [6.45, 7) is 0.795. The molecule has 3 heterocycles. The van der Waals surface area contributed by atoms with E-state index in [2.05, 4.69) is 41.3 Å². The molecule has 1 saturated heterocycles. The van der Waals surface area contributed by atoms with E-state index in [0.29, 0.717) is 34.8 Å². The van der Waals surface area contributed by atoms with Gasteiger partial charge in [0.1, 0.15) is 29.2 Å². The van der Waals surface area contributed by atoms with Gasteiger partial charge in [-0.3, -0.25) is 4.79 Å². The van der Waals surface area contributed by atoms with E-state index in [0.717, 1.165) is 4.80 Å². The smallest absolute Gasteiger partial charge is 0.327 e. The van der Waals surface area contributed by atoms with E-state index in [1.54, 1.807) is 12.3 Å². The minimum absolute atomic E-state index is 0.0860. The van der Waals surface area contributed by atoms with E-state index < -0.39 is 5.97 Å². The van der Waals surface area contributed by atoms with Crippen LogP contribution in [0.15, 0.2) is 35.1 Å². The van der Waals surface area contributed by atoms with Gasteiger partial charge in [-0.2, -0.15) is 4.80 Å². The Kier molecular flexibility index (Phi) is 4.86. The monoisotopic (exact) mass is 449 g/mol. The molecule has 0 bridgehead atoms. The Hall–Kier alpha value is -3.15. The lowest BCUT2D eigenvalue weighted by atomic mass is 10.1. The van der Waals surface area contributed by atoms with Crippen LogP contribution in [0, 0.1) is 5.82 Å². The summed E-state index contributed by atoms with van der Waals surface area (Å²) in [5.74, 6) is -0.113. The van der Waals surface area contributed by atoms with E-state index in [1.807, 2.05) is 4.90 Å². The average molecular weight is 450 g/mol. The number of carboxylic acid groups (broad SMARTS) is 1. The molecule has 0 aliphatic carbocycles. The molecule has 28 heavy (non-hydrogen) atoms. The van der Waals surface area contributed by atoms with Crippen LogP contribution >= 0.6 is 15.9 Å². The van der Waals surface area contributed by atoms with Gasteiger partial charge in [-0.05, 0) is 33.3 Å². The van der Waals surface area contributed by atoms with Crippen molar-refractivity contribution in [2.75, 3.05) is 18.0 Å². The minimum Gasteiger partial charge on any atom is -0.485 e. The second-order valence-corrected chi connectivity index (χ2v) is 6.87. The molecular formula is C16H13BrFN7O3. The zero-order valence-electron chi connectivity index (χ0n) is 14.2. The summed E-state index contributed by atoms with van der Waals surface area (Å²) in [4.78, 5) is 22.2. The van der Waals surface area contributed by atoms with Crippen LogP contribution in [0.2, 0.25) is 0 Å². The van der Waals surface area contributed by atoms with Crippen molar-refractivity contribution >= 4 is 27.7 Å². The summed E-state index contributed by atoms with van der Waals surface area (Å²) in [7, 11) is 0. The summed E-state index contributed by atoms with van der Waals surface area (Å²) in [5, 5.41) is 20.1. The van der Waals surface area contributed by atoms with E-state index in [1.165, 1.54) is 18.3 Å². The Labute approximate surface area is 166 Å². The lowest BCUT2D eigenvalue weighted by Gasteiger charge is -2.39. The molecule has 0 amide bonds. The van der Waals surface area contributed by atoms with Crippen LogP contribution in [0.25, 0.3) is 11.5 Å². The van der Waals surface area contributed by atoms with Gasteiger partial charge >= 0.3 is 5.97 Å². The van der Waals surface area contributed by atoms with Crippen LogP contribution in [-0.4, -0.2) is 60.4 Å². The number of hydrogen-bond donors (Lipinski definition) is 1. The summed E-state index contributed by atoms with van der Waals surface area (Å²) in [5.41, 5.74) is 0.386. The molecule has 0 spiro atoms. The summed E-state index contributed by atoms with van der Waals surface area (Å²) >= 11 is 3.34. The number of ether oxygens (including phenoxy) is 1. The molecule has 1 N–H and O–H groups in total. The fourth-order valence-electron chi connectivity index (χ4n) is 2.58. The standard InChI is InChI=1S/C16H13BrFN7O3/c17-11-2-1-9(18)3-13(11)28-10-6-24(7-10)14-5-19-12(4-20-14)16-21-23-25(22-16)8-15(26)27/h1-5,10H,6-8H2,(H,26,27). The van der Waals surface area contributed by atoms with Crippen LogP contribution in [0.5, 0.6) is 5.75 Å². The molecule has 1 aromatic carbocycles. The summed E-state index contributed by atoms with van der Waals surface area (Å²) in [6.07, 6.45) is 2.98. The maximum Gasteiger partial charge on any atom is 0.327 e. The molecule has 3 aromatic rings. The second-order valence-electron chi connectivity index (χ2n) is 6.02. The van der Waals surface area contributed by atoms with Gasteiger partial charge in [-0.1, -0.05) is 0 Å². The van der Waals surface area contributed by atoms with Crippen molar-refractivity contribution in [1.82, 2.24) is 30.2 Å². The molecular weight excluding hydrogens is 437 g/mol. The highest BCUT2D eigenvalue weighted by Gasteiger charge is 2.30. The van der Waals surface area contributed by atoms with Crippen LogP contribution < -0.4 is 9.64 Å². The molecule has 1 aliphatic heterocycles. The first kappa shape index (κ1) is 18.2. The molecule has 0 atom stereocenters. The first-order valence-corrected chi connectivity index (χ1v) is 8.96. The maximum atomic E-state index is 13.3. The van der Waals surface area contributed by atoms with Gasteiger partial charge in [-0.15, -0.1) is 10.2 Å². The van der Waals surface area contributed by atoms with Crippen LogP contribution in [0.1, 0.15) is 0 Å². The lowest BCUT2D eigenvalue weighted by Crippen LogP contribution is -2.54. The van der Waals surface area contributed by atoms with Gasteiger partial charge in [0.25, 0.3) is 0 Å². The summed E-state index contributed by atoms with van der Waals surface area (Å²) in [6, 6.07) is 4.30. The Balaban J connectivity index is 1.36. The van der Waals surface area contributed by atoms with Crippen molar-refractivity contribution in [1.29, 1.82) is 0 Å². The zero-order chi connectivity index (χ0) is 19.7. The van der Waals surface area contributed by atoms with Gasteiger partial charge in [0.2, 0.25) is 5.82 Å². The van der Waals surface area contributed by atoms with E-state index >= 15 is 0 Å². The number of carboxylic acids is 1. The normalized spacial score (nSPS) is 14.0. The average Bonchev–Trinajstić information content (AvgIpc) is 3.08. The number of nitrogens with zero attached hydrogens (tertiary/aromatic N) is 7. The highest BCUT2D eigenvalue weighted by Crippen LogP contribution is 2.29. The van der Waals surface area contributed by atoms with Crippen molar-refractivity contribution in [2.24, 2.45) is 0 Å². The van der Waals surface area contributed by atoms with E-state index in [-0.39, 0.29) is 24.3 Å². The maximum absolute atomic E-state index is 13.3. The third kappa shape index (κ3) is 3.91. The number of benzene rings is 1. The molecule has 12 heteroatoms. The Morgan fingerprint density at radius 3 is 2.86 bits per heavy atom. The predicted octanol–water partition coefficient (Wildman–Crippen LogP) is 1.38. The topological polar surface area (TPSA) is 119 Å². The second kappa shape index (κ2) is 7.46. The Morgan fingerprint density at radius 2 is 2.14 bits per heavy atom. The zero-order valence-corrected chi connectivity index (χ0v) is 15.8. The Bertz CT molecular complexity index is 1010. The van der Waals surface area contributed by atoms with Crippen molar-refractivity contribution in [3.63, 3.8) is 0 Å². The van der Waals surface area contributed by atoms with E-state index in [9.17, 15) is 9.18 Å². The van der Waals surface area contributed by atoms with Crippen molar-refractivity contribution < 1.29 is 19.0 Å². The lowest BCUT2D eigenvalue weighted by molar-refractivity contribution is -0.138. The van der Waals surface area contributed by atoms with E-state index in [4.69, 9.17) is 9.84 Å². The summed E-state index contributed by atoms with van der Waals surface area (Å²) < 4.78 is 19.8. The number of hydrogen-bond acceptors (Lipinski definition) is 8. The Morgan fingerprint density at radius 1 is 1.32 bits per heavy atom. The van der Waals surface area contributed by atoms with Crippen LogP contribution in [-0.2, 0) is 11.3 Å². The third-order valence-electron chi connectivity index (χ3n) is 3.96. The highest BCUT2D eigenvalue weighted by atomic mass is 79.9. The van der Waals surface area contributed by atoms with Crippen LogP contribution in [0.4, 0.5) is 10.2 Å². The number of anilines is 1. The molecule has 1 aliphatic rings. The predicted molar refractivity (Wildman–Crippen MR) is 97.2 cm³/mol. The molecule has 0 unspecified atom stereocenters. The molecule has 4 rings (SSSR count). The fourth-order valence-corrected chi connectivity index (χ4v) is 2.92. The number of aliphatic carboxylic acids is 1. The first-order valence-electron chi connectivity index (χ1n) is 8.16. The number of carbonyl (C=O) groups is 1. The van der Waals surface area contributed by atoms with Gasteiger partial charge in [-0.25, -0.2) is 14.4 Å². The molecule has 0 saturated carbocycles. The SMILES string of the molecule is O=C(O)Cn1nnc(-c2cnc(N3CC(Oc4cc(F)ccc4Br)C3)cn2)n1. The molecule has 0 radical (unpaired) electrons. The molecule has 10 nitrogen and oxygen atoms in total. The number of aromatic nitrogens is 6. The largest absolute Gasteiger partial charge is 0.485 e. The van der Waals surface area contributed by atoms with Crippen molar-refractivity contribution in [2.45, 2.75) is 12.6 Å². The quantitative estimate of drug-likeness (QED) is 0.594. The number of halogens is 2. The highest BCUT2D eigenvalue weighted by molar-refractivity contribution is 9.10. The van der Waals surface area contributed by atoms with Crippen molar-refractivity contribution in [3.05, 3.63) is 40.9 Å². The minimum atomic E-state index is -1.06. The molecule has 1 fully saturated rings. The van der Waals surface area contributed by atoms with Gasteiger partial charge in [0, 0.05) is 6.07 Å². The van der Waals surface area contributed by atoms with Crippen LogP contribution in [0.3, 0.4) is 0 Å². The third-order valence-corrected chi connectivity index (χ3v) is 4.61. The first-order chi connectivity index (χ1) is 13.5. The fraction of sp³-hybridized carbons (Fsp3) is 0.250. The molecule has 2 aromatic heterocycles.